The number of carbonyl (C=O) groups excluding carboxylic acids is 1. The molecule has 6 heteroatoms. The van der Waals surface area contributed by atoms with Crippen LogP contribution in [0.15, 0.2) is 40.8 Å². The normalized spacial score (nSPS) is 15.8. The first-order valence-electron chi connectivity index (χ1n) is 7.92. The van der Waals surface area contributed by atoms with Crippen molar-refractivity contribution in [2.45, 2.75) is 25.4 Å². The number of hydrogen-bond donors (Lipinski definition) is 1. The molecule has 1 amide bonds. The molecule has 1 saturated heterocycles. The second kappa shape index (κ2) is 7.28. The SMILES string of the molecule is N#Cc1ccc(CN2CCC(NC(=O)c3ccccc3F)CC2)o1. The van der Waals surface area contributed by atoms with E-state index in [0.717, 1.165) is 31.7 Å². The maximum atomic E-state index is 13.6. The Hall–Kier alpha value is -2.65. The standard InChI is InChI=1S/C18H18FN3O2/c19-17-4-2-1-3-16(17)18(23)21-13-7-9-22(10-8-13)12-15-6-5-14(11-20)24-15/h1-6,13H,7-10,12H2,(H,21,23). The molecule has 0 spiro atoms. The van der Waals surface area contributed by atoms with Crippen molar-refractivity contribution in [3.8, 4) is 6.07 Å². The average Bonchev–Trinajstić information content (AvgIpc) is 3.04. The molecular weight excluding hydrogens is 309 g/mol. The summed E-state index contributed by atoms with van der Waals surface area (Å²) in [6.07, 6.45) is 1.60. The Labute approximate surface area is 139 Å². The molecule has 2 aromatic rings. The number of piperidine rings is 1. The highest BCUT2D eigenvalue weighted by Crippen LogP contribution is 2.16. The Bertz CT molecular complexity index is 758. The predicted molar refractivity (Wildman–Crippen MR) is 85.6 cm³/mol. The van der Waals surface area contributed by atoms with E-state index in [0.29, 0.717) is 12.3 Å². The lowest BCUT2D eigenvalue weighted by Crippen LogP contribution is -2.44. The van der Waals surface area contributed by atoms with Gasteiger partial charge in [0.2, 0.25) is 5.76 Å². The second-order valence-corrected chi connectivity index (χ2v) is 5.88. The average molecular weight is 327 g/mol. The fourth-order valence-electron chi connectivity index (χ4n) is 2.89. The lowest BCUT2D eigenvalue weighted by molar-refractivity contribution is 0.0902. The van der Waals surface area contributed by atoms with Gasteiger partial charge < -0.3 is 9.73 Å². The van der Waals surface area contributed by atoms with E-state index >= 15 is 0 Å². The molecule has 1 aromatic heterocycles. The van der Waals surface area contributed by atoms with Crippen molar-refractivity contribution in [3.05, 3.63) is 59.3 Å². The van der Waals surface area contributed by atoms with Crippen LogP contribution in [0.5, 0.6) is 0 Å². The summed E-state index contributed by atoms with van der Waals surface area (Å²) in [6.45, 7) is 2.27. The molecule has 0 atom stereocenters. The molecule has 1 aliphatic rings. The van der Waals surface area contributed by atoms with Crippen molar-refractivity contribution >= 4 is 5.91 Å². The molecule has 0 bridgehead atoms. The number of hydrogen-bond acceptors (Lipinski definition) is 4. The third-order valence-corrected chi connectivity index (χ3v) is 4.19. The second-order valence-electron chi connectivity index (χ2n) is 5.88. The molecule has 1 fully saturated rings. The van der Waals surface area contributed by atoms with Gasteiger partial charge in [0.1, 0.15) is 17.6 Å². The minimum atomic E-state index is -0.501. The summed E-state index contributed by atoms with van der Waals surface area (Å²) in [6, 6.07) is 11.5. The molecule has 24 heavy (non-hydrogen) atoms. The van der Waals surface area contributed by atoms with Gasteiger partial charge in [0.05, 0.1) is 12.1 Å². The lowest BCUT2D eigenvalue weighted by Gasteiger charge is -2.31. The molecular formula is C18H18FN3O2. The van der Waals surface area contributed by atoms with Crippen LogP contribution in [0.25, 0.3) is 0 Å². The van der Waals surface area contributed by atoms with Crippen molar-refractivity contribution < 1.29 is 13.6 Å². The van der Waals surface area contributed by atoms with Crippen LogP contribution in [-0.4, -0.2) is 29.9 Å². The van der Waals surface area contributed by atoms with Crippen molar-refractivity contribution in [3.63, 3.8) is 0 Å². The number of halogens is 1. The van der Waals surface area contributed by atoms with Gasteiger partial charge in [-0.15, -0.1) is 0 Å². The molecule has 0 saturated carbocycles. The zero-order valence-corrected chi connectivity index (χ0v) is 13.2. The molecule has 0 unspecified atom stereocenters. The highest BCUT2D eigenvalue weighted by molar-refractivity contribution is 5.94. The quantitative estimate of drug-likeness (QED) is 0.937. The van der Waals surface area contributed by atoms with Crippen LogP contribution in [-0.2, 0) is 6.54 Å². The van der Waals surface area contributed by atoms with Crippen molar-refractivity contribution in [2.75, 3.05) is 13.1 Å². The summed E-state index contributed by atoms with van der Waals surface area (Å²) >= 11 is 0. The van der Waals surface area contributed by atoms with Crippen LogP contribution < -0.4 is 5.32 Å². The van der Waals surface area contributed by atoms with Gasteiger partial charge in [-0.1, -0.05) is 12.1 Å². The highest BCUT2D eigenvalue weighted by Gasteiger charge is 2.22. The van der Waals surface area contributed by atoms with Crippen LogP contribution in [0, 0.1) is 17.1 Å². The number of nitriles is 1. The molecule has 1 aromatic carbocycles. The number of amides is 1. The van der Waals surface area contributed by atoms with Gasteiger partial charge in [-0.3, -0.25) is 9.69 Å². The van der Waals surface area contributed by atoms with E-state index in [1.54, 1.807) is 18.2 Å². The Morgan fingerprint density at radius 1 is 1.29 bits per heavy atom. The number of likely N-dealkylation sites (tertiary alicyclic amines) is 1. The Balaban J connectivity index is 1.49. The minimum Gasteiger partial charge on any atom is -0.449 e. The van der Waals surface area contributed by atoms with Gasteiger partial charge in [-0.2, -0.15) is 5.26 Å². The first kappa shape index (κ1) is 16.2. The van der Waals surface area contributed by atoms with Gasteiger partial charge in [0.25, 0.3) is 5.91 Å². The van der Waals surface area contributed by atoms with Gasteiger partial charge in [0.15, 0.2) is 0 Å². The fourth-order valence-corrected chi connectivity index (χ4v) is 2.89. The van der Waals surface area contributed by atoms with Crippen molar-refractivity contribution in [2.24, 2.45) is 0 Å². The predicted octanol–water partition coefficient (Wildman–Crippen LogP) is 2.68. The first-order valence-corrected chi connectivity index (χ1v) is 7.92. The maximum Gasteiger partial charge on any atom is 0.254 e. The van der Waals surface area contributed by atoms with E-state index in [1.165, 1.54) is 12.1 Å². The minimum absolute atomic E-state index is 0.0413. The maximum absolute atomic E-state index is 13.6. The van der Waals surface area contributed by atoms with Crippen LogP contribution in [0.2, 0.25) is 0 Å². The van der Waals surface area contributed by atoms with Gasteiger partial charge in [-0.05, 0) is 37.1 Å². The highest BCUT2D eigenvalue weighted by atomic mass is 19.1. The molecule has 2 heterocycles. The number of furan rings is 1. The zero-order chi connectivity index (χ0) is 16.9. The van der Waals surface area contributed by atoms with Crippen LogP contribution >= 0.6 is 0 Å². The number of rotatable bonds is 4. The van der Waals surface area contributed by atoms with Crippen molar-refractivity contribution in [1.82, 2.24) is 10.2 Å². The van der Waals surface area contributed by atoms with E-state index < -0.39 is 5.82 Å². The molecule has 124 valence electrons. The Morgan fingerprint density at radius 2 is 2.04 bits per heavy atom. The van der Waals surface area contributed by atoms with Gasteiger partial charge in [0, 0.05) is 19.1 Å². The Kier molecular flexibility index (Phi) is 4.92. The van der Waals surface area contributed by atoms with Gasteiger partial charge in [-0.25, -0.2) is 4.39 Å². The van der Waals surface area contributed by atoms with Gasteiger partial charge >= 0.3 is 0 Å². The fraction of sp³-hybridized carbons (Fsp3) is 0.333. The summed E-state index contributed by atoms with van der Waals surface area (Å²) in [5.74, 6) is 0.215. The smallest absolute Gasteiger partial charge is 0.254 e. The number of nitrogens with one attached hydrogen (secondary N) is 1. The summed E-state index contributed by atoms with van der Waals surface area (Å²) in [4.78, 5) is 14.3. The number of nitrogens with zero attached hydrogens (tertiary/aromatic N) is 2. The zero-order valence-electron chi connectivity index (χ0n) is 13.2. The number of benzene rings is 1. The third kappa shape index (κ3) is 3.81. The Morgan fingerprint density at radius 3 is 2.71 bits per heavy atom. The van der Waals surface area contributed by atoms with Crippen LogP contribution in [0.3, 0.4) is 0 Å². The molecule has 0 radical (unpaired) electrons. The lowest BCUT2D eigenvalue weighted by atomic mass is 10.0. The molecule has 1 N–H and O–H groups in total. The summed E-state index contributed by atoms with van der Waals surface area (Å²) in [5.41, 5.74) is 0.0829. The summed E-state index contributed by atoms with van der Waals surface area (Å²) < 4.78 is 19.0. The molecule has 3 rings (SSSR count). The number of carbonyl (C=O) groups is 1. The van der Waals surface area contributed by atoms with E-state index in [2.05, 4.69) is 10.2 Å². The first-order chi connectivity index (χ1) is 11.7. The monoisotopic (exact) mass is 327 g/mol. The summed E-state index contributed by atoms with van der Waals surface area (Å²) in [7, 11) is 0. The van der Waals surface area contributed by atoms with E-state index in [4.69, 9.17) is 9.68 Å². The third-order valence-electron chi connectivity index (χ3n) is 4.19. The molecule has 1 aliphatic heterocycles. The summed E-state index contributed by atoms with van der Waals surface area (Å²) in [5, 5.41) is 11.7. The topological polar surface area (TPSA) is 69.3 Å². The van der Waals surface area contributed by atoms with E-state index in [9.17, 15) is 9.18 Å². The largest absolute Gasteiger partial charge is 0.449 e. The van der Waals surface area contributed by atoms with Crippen molar-refractivity contribution in [1.29, 1.82) is 5.26 Å². The van der Waals surface area contributed by atoms with E-state index in [1.807, 2.05) is 12.1 Å². The van der Waals surface area contributed by atoms with E-state index in [-0.39, 0.29) is 17.5 Å². The molecule has 0 aliphatic carbocycles. The van der Waals surface area contributed by atoms with Crippen LogP contribution in [0.4, 0.5) is 4.39 Å². The molecule has 5 nitrogen and oxygen atoms in total. The van der Waals surface area contributed by atoms with Crippen LogP contribution in [0.1, 0.15) is 34.7 Å².